The van der Waals surface area contributed by atoms with Crippen LogP contribution in [0, 0.1) is 6.92 Å². The summed E-state index contributed by atoms with van der Waals surface area (Å²) in [5.41, 5.74) is 1.58. The SMILES string of the molecule is COc1cc(C)c(N(C)C(=O)Cl)cc1OC. The lowest BCUT2D eigenvalue weighted by Crippen LogP contribution is -2.20. The van der Waals surface area contributed by atoms with Crippen LogP contribution in [-0.2, 0) is 0 Å². The number of anilines is 1. The van der Waals surface area contributed by atoms with Crippen molar-refractivity contribution in [3.05, 3.63) is 17.7 Å². The average molecular weight is 244 g/mol. The Morgan fingerprint density at radius 1 is 1.25 bits per heavy atom. The van der Waals surface area contributed by atoms with Gasteiger partial charge in [0.25, 0.3) is 0 Å². The van der Waals surface area contributed by atoms with Gasteiger partial charge >= 0.3 is 5.37 Å². The van der Waals surface area contributed by atoms with Crippen molar-refractivity contribution < 1.29 is 14.3 Å². The van der Waals surface area contributed by atoms with Gasteiger partial charge in [-0.2, -0.15) is 0 Å². The summed E-state index contributed by atoms with van der Waals surface area (Å²) >= 11 is 5.42. The minimum Gasteiger partial charge on any atom is -0.493 e. The lowest BCUT2D eigenvalue weighted by Gasteiger charge is -2.18. The molecule has 0 saturated carbocycles. The number of ether oxygens (including phenoxy) is 2. The number of aryl methyl sites for hydroxylation is 1. The second-order valence-electron chi connectivity index (χ2n) is 3.31. The van der Waals surface area contributed by atoms with Crippen LogP contribution in [0.4, 0.5) is 10.5 Å². The molecule has 4 nitrogen and oxygen atoms in total. The van der Waals surface area contributed by atoms with E-state index in [4.69, 9.17) is 21.1 Å². The molecule has 0 fully saturated rings. The van der Waals surface area contributed by atoms with E-state index in [9.17, 15) is 4.79 Å². The Morgan fingerprint density at radius 2 is 1.75 bits per heavy atom. The Morgan fingerprint density at radius 3 is 2.19 bits per heavy atom. The molecule has 0 aliphatic heterocycles. The van der Waals surface area contributed by atoms with E-state index in [0.29, 0.717) is 17.2 Å². The molecule has 0 spiro atoms. The first kappa shape index (κ1) is 12.6. The van der Waals surface area contributed by atoms with E-state index in [-0.39, 0.29) is 0 Å². The van der Waals surface area contributed by atoms with Gasteiger partial charge in [-0.15, -0.1) is 0 Å². The largest absolute Gasteiger partial charge is 0.493 e. The zero-order chi connectivity index (χ0) is 12.3. The molecule has 0 heterocycles. The van der Waals surface area contributed by atoms with Crippen LogP contribution >= 0.6 is 11.6 Å². The van der Waals surface area contributed by atoms with Crippen LogP contribution < -0.4 is 14.4 Å². The van der Waals surface area contributed by atoms with Crippen LogP contribution in [0.2, 0.25) is 0 Å². The molecule has 0 aromatic heterocycles. The van der Waals surface area contributed by atoms with Crippen molar-refractivity contribution in [2.24, 2.45) is 0 Å². The highest BCUT2D eigenvalue weighted by molar-refractivity contribution is 6.66. The van der Waals surface area contributed by atoms with Crippen LogP contribution in [0.3, 0.4) is 0 Å². The third kappa shape index (κ3) is 2.39. The van der Waals surface area contributed by atoms with E-state index < -0.39 is 5.37 Å². The number of nitrogens with zero attached hydrogens (tertiary/aromatic N) is 1. The summed E-state index contributed by atoms with van der Waals surface area (Å²) < 4.78 is 10.3. The molecule has 5 heteroatoms. The van der Waals surface area contributed by atoms with Gasteiger partial charge < -0.3 is 14.4 Å². The molecule has 1 aromatic carbocycles. The number of halogens is 1. The number of hydrogen-bond donors (Lipinski definition) is 0. The third-order valence-electron chi connectivity index (χ3n) is 2.33. The van der Waals surface area contributed by atoms with E-state index in [0.717, 1.165) is 5.56 Å². The molecule has 0 unspecified atom stereocenters. The quantitative estimate of drug-likeness (QED) is 0.605. The average Bonchev–Trinajstić information content (AvgIpc) is 2.27. The maximum atomic E-state index is 11.1. The van der Waals surface area contributed by atoms with Crippen LogP contribution in [0.25, 0.3) is 0 Å². The van der Waals surface area contributed by atoms with E-state index in [2.05, 4.69) is 0 Å². The van der Waals surface area contributed by atoms with Crippen molar-refractivity contribution in [3.8, 4) is 11.5 Å². The van der Waals surface area contributed by atoms with Crippen molar-refractivity contribution in [2.75, 3.05) is 26.2 Å². The van der Waals surface area contributed by atoms with E-state index >= 15 is 0 Å². The first-order valence-corrected chi connectivity index (χ1v) is 5.04. The van der Waals surface area contributed by atoms with Crippen molar-refractivity contribution in [3.63, 3.8) is 0 Å². The lowest BCUT2D eigenvalue weighted by atomic mass is 10.1. The first-order valence-electron chi connectivity index (χ1n) is 4.67. The maximum Gasteiger partial charge on any atom is 0.320 e. The zero-order valence-corrected chi connectivity index (χ0v) is 10.5. The minimum absolute atomic E-state index is 0.546. The van der Waals surface area contributed by atoms with Gasteiger partial charge in [0.15, 0.2) is 11.5 Å². The topological polar surface area (TPSA) is 38.8 Å². The second kappa shape index (κ2) is 5.07. The van der Waals surface area contributed by atoms with Gasteiger partial charge in [0, 0.05) is 13.1 Å². The second-order valence-corrected chi connectivity index (χ2v) is 3.63. The summed E-state index contributed by atoms with van der Waals surface area (Å²) in [6.07, 6.45) is 0. The maximum absolute atomic E-state index is 11.1. The van der Waals surface area contributed by atoms with E-state index in [1.165, 1.54) is 4.90 Å². The summed E-state index contributed by atoms with van der Waals surface area (Å²) in [6.45, 7) is 1.87. The van der Waals surface area contributed by atoms with Crippen molar-refractivity contribution in [1.82, 2.24) is 0 Å². The zero-order valence-electron chi connectivity index (χ0n) is 9.70. The predicted octanol–water partition coefficient (Wildman–Crippen LogP) is 2.81. The molecule has 0 aliphatic rings. The standard InChI is InChI=1S/C11H14ClNO3/c1-7-5-9(15-3)10(16-4)6-8(7)13(2)11(12)14/h5-6H,1-4H3. The summed E-state index contributed by atoms with van der Waals surface area (Å²) in [6, 6.07) is 3.51. The van der Waals surface area contributed by atoms with Gasteiger partial charge in [0.2, 0.25) is 0 Å². The summed E-state index contributed by atoms with van der Waals surface area (Å²) in [7, 11) is 4.70. The molecule has 88 valence electrons. The van der Waals surface area contributed by atoms with E-state index in [1.54, 1.807) is 33.4 Å². The number of hydrogen-bond acceptors (Lipinski definition) is 3. The Bertz CT molecular complexity index is 406. The minimum atomic E-state index is -0.546. The number of benzene rings is 1. The molecule has 1 rings (SSSR count). The fourth-order valence-corrected chi connectivity index (χ4v) is 1.52. The molecule has 0 bridgehead atoms. The van der Waals surface area contributed by atoms with Crippen LogP contribution in [0.5, 0.6) is 11.5 Å². The number of rotatable bonds is 3. The number of carbonyl (C=O) groups excluding carboxylic acids is 1. The van der Waals surface area contributed by atoms with Crippen LogP contribution in [0.1, 0.15) is 5.56 Å². The summed E-state index contributed by atoms with van der Waals surface area (Å²) in [5, 5.41) is -0.546. The molecular formula is C11H14ClNO3. The summed E-state index contributed by atoms with van der Waals surface area (Å²) in [4.78, 5) is 12.4. The van der Waals surface area contributed by atoms with Gasteiger partial charge in [-0.1, -0.05) is 0 Å². The number of methoxy groups -OCH3 is 2. The normalized spacial score (nSPS) is 9.81. The van der Waals surface area contributed by atoms with Crippen molar-refractivity contribution in [2.45, 2.75) is 6.92 Å². The van der Waals surface area contributed by atoms with Crippen LogP contribution in [-0.4, -0.2) is 26.6 Å². The molecular weight excluding hydrogens is 230 g/mol. The Hall–Kier alpha value is -1.42. The highest BCUT2D eigenvalue weighted by atomic mass is 35.5. The molecule has 0 saturated heterocycles. The Kier molecular flexibility index (Phi) is 4.01. The first-order chi connectivity index (χ1) is 7.51. The Balaban J connectivity index is 3.26. The number of carbonyl (C=O) groups is 1. The fraction of sp³-hybridized carbons (Fsp3) is 0.364. The van der Waals surface area contributed by atoms with Gasteiger partial charge in [0.1, 0.15) is 0 Å². The summed E-state index contributed by atoms with van der Waals surface area (Å²) in [5.74, 6) is 1.19. The lowest BCUT2D eigenvalue weighted by molar-refractivity contribution is 0.265. The van der Waals surface area contributed by atoms with Crippen molar-refractivity contribution >= 4 is 22.7 Å². The molecule has 16 heavy (non-hydrogen) atoms. The van der Waals surface area contributed by atoms with Gasteiger partial charge in [-0.05, 0) is 30.2 Å². The fourth-order valence-electron chi connectivity index (χ4n) is 1.43. The van der Waals surface area contributed by atoms with Crippen LogP contribution in [0.15, 0.2) is 12.1 Å². The number of amides is 1. The molecule has 1 amide bonds. The van der Waals surface area contributed by atoms with Gasteiger partial charge in [-0.25, -0.2) is 0 Å². The Labute approximate surface area is 99.7 Å². The van der Waals surface area contributed by atoms with Gasteiger partial charge in [-0.3, -0.25) is 4.79 Å². The molecule has 0 aliphatic carbocycles. The molecule has 0 radical (unpaired) electrons. The highest BCUT2D eigenvalue weighted by Gasteiger charge is 2.14. The smallest absolute Gasteiger partial charge is 0.320 e. The molecule has 0 N–H and O–H groups in total. The third-order valence-corrected chi connectivity index (χ3v) is 2.58. The molecule has 0 atom stereocenters. The monoisotopic (exact) mass is 243 g/mol. The van der Waals surface area contributed by atoms with E-state index in [1.807, 2.05) is 6.92 Å². The molecule has 1 aromatic rings. The predicted molar refractivity (Wildman–Crippen MR) is 63.9 cm³/mol. The highest BCUT2D eigenvalue weighted by Crippen LogP contribution is 2.34. The van der Waals surface area contributed by atoms with Crippen molar-refractivity contribution in [1.29, 1.82) is 0 Å². The van der Waals surface area contributed by atoms with Gasteiger partial charge in [0.05, 0.1) is 19.9 Å².